The molecule has 0 amide bonds. The van der Waals surface area contributed by atoms with Crippen LogP contribution in [0.4, 0.5) is 0 Å². The van der Waals surface area contributed by atoms with E-state index >= 15 is 0 Å². The highest BCUT2D eigenvalue weighted by Gasteiger charge is 2.28. The average molecular weight is 744 g/mol. The van der Waals surface area contributed by atoms with Crippen LogP contribution in [0.2, 0.25) is 0 Å². The molecule has 11 nitrogen and oxygen atoms in total. The molecule has 0 aromatic heterocycles. The number of hydrogen-bond acceptors (Lipinski definition) is 9. The standard InChI is InChI=1S/C39H70NO10P/c1-3-5-7-9-11-13-15-17-18-19-21-22-24-26-28-30-37(41)47-32-35(33-48-51(45,46)49-34-36(40)39(43)44)50-38(42)31-29-27-25-23-20-16-14-12-10-8-6-4-2/h11,13,17-18,21-22,35-36H,3-10,12,14-16,19-20,23-34,40H2,1-2H3,(H,43,44)(H,45,46)/b13-11+,18-17+,22-21+/t35-,36+/m1/s1. The van der Waals surface area contributed by atoms with Gasteiger partial charge in [-0.05, 0) is 51.4 Å². The summed E-state index contributed by atoms with van der Waals surface area (Å²) in [5.74, 6) is -2.43. The van der Waals surface area contributed by atoms with Gasteiger partial charge in [-0.3, -0.25) is 23.4 Å². The predicted octanol–water partition coefficient (Wildman–Crippen LogP) is 9.67. The highest BCUT2D eigenvalue weighted by molar-refractivity contribution is 7.47. The van der Waals surface area contributed by atoms with E-state index < -0.39 is 51.1 Å². The van der Waals surface area contributed by atoms with Gasteiger partial charge in [-0.1, -0.05) is 134 Å². The van der Waals surface area contributed by atoms with E-state index in [1.165, 1.54) is 70.6 Å². The fraction of sp³-hybridized carbons (Fsp3) is 0.769. The maximum Gasteiger partial charge on any atom is 0.472 e. The van der Waals surface area contributed by atoms with Crippen LogP contribution in [0.3, 0.4) is 0 Å². The molecule has 0 bridgehead atoms. The Balaban J connectivity index is 4.49. The molecule has 0 saturated heterocycles. The van der Waals surface area contributed by atoms with Crippen LogP contribution >= 0.6 is 7.82 Å². The smallest absolute Gasteiger partial charge is 0.472 e. The normalized spacial score (nSPS) is 14.3. The molecule has 0 aliphatic carbocycles. The average Bonchev–Trinajstić information content (AvgIpc) is 3.10. The van der Waals surface area contributed by atoms with Crippen LogP contribution in [0.5, 0.6) is 0 Å². The zero-order chi connectivity index (χ0) is 37.8. The Hall–Kier alpha value is -2.30. The van der Waals surface area contributed by atoms with E-state index in [-0.39, 0.29) is 19.4 Å². The van der Waals surface area contributed by atoms with Gasteiger partial charge in [0.15, 0.2) is 6.10 Å². The molecule has 0 rings (SSSR count). The fourth-order valence-electron chi connectivity index (χ4n) is 5.01. The Morgan fingerprint density at radius 1 is 0.608 bits per heavy atom. The van der Waals surface area contributed by atoms with Gasteiger partial charge in [0.05, 0.1) is 13.2 Å². The minimum absolute atomic E-state index is 0.155. The summed E-state index contributed by atoms with van der Waals surface area (Å²) < 4.78 is 32.5. The monoisotopic (exact) mass is 743 g/mol. The molecular formula is C39H70NO10P. The summed E-state index contributed by atoms with van der Waals surface area (Å²) in [4.78, 5) is 45.7. The molecule has 1 unspecified atom stereocenters. The lowest BCUT2D eigenvalue weighted by atomic mass is 10.0. The molecule has 0 radical (unpaired) electrons. The second kappa shape index (κ2) is 34.8. The summed E-state index contributed by atoms with van der Waals surface area (Å²) in [7, 11) is -4.72. The molecule has 0 heterocycles. The van der Waals surface area contributed by atoms with E-state index in [1.807, 2.05) is 0 Å². The molecule has 0 aliphatic rings. The molecule has 0 aromatic carbocycles. The summed E-state index contributed by atoms with van der Waals surface area (Å²) in [6.07, 6.45) is 35.0. The van der Waals surface area contributed by atoms with Crippen molar-refractivity contribution in [2.24, 2.45) is 5.73 Å². The van der Waals surface area contributed by atoms with Crippen LogP contribution in [-0.2, 0) is 37.5 Å². The number of phosphoric ester groups is 1. The van der Waals surface area contributed by atoms with E-state index in [1.54, 1.807) is 0 Å². The number of unbranched alkanes of at least 4 members (excludes halogenated alkanes) is 16. The molecule has 0 saturated carbocycles. The molecular weight excluding hydrogens is 673 g/mol. The fourth-order valence-corrected chi connectivity index (χ4v) is 5.79. The van der Waals surface area contributed by atoms with Crippen LogP contribution in [-0.4, -0.2) is 59.9 Å². The van der Waals surface area contributed by atoms with E-state index in [9.17, 15) is 23.8 Å². The second-order valence-electron chi connectivity index (χ2n) is 13.1. The SMILES string of the molecule is CCCCC/C=C/C/C=C/C/C=C/CCCCC(=O)OC[C@H](COP(=O)(O)OC[C@H](N)C(=O)O)OC(=O)CCCCCCCCCCCCCC. The van der Waals surface area contributed by atoms with E-state index in [0.29, 0.717) is 12.8 Å². The van der Waals surface area contributed by atoms with Gasteiger partial charge in [-0.2, -0.15) is 0 Å². The zero-order valence-electron chi connectivity index (χ0n) is 31.7. The number of allylic oxidation sites excluding steroid dienone is 6. The van der Waals surface area contributed by atoms with Crippen molar-refractivity contribution in [1.82, 2.24) is 0 Å². The Morgan fingerprint density at radius 2 is 1.04 bits per heavy atom. The Bertz CT molecular complexity index is 1020. The van der Waals surface area contributed by atoms with Crippen molar-refractivity contribution in [2.45, 2.75) is 174 Å². The van der Waals surface area contributed by atoms with Crippen LogP contribution < -0.4 is 5.73 Å². The number of hydrogen-bond donors (Lipinski definition) is 3. The van der Waals surface area contributed by atoms with Gasteiger partial charge < -0.3 is 25.2 Å². The third kappa shape index (κ3) is 34.5. The molecule has 0 fully saturated rings. The topological polar surface area (TPSA) is 172 Å². The minimum Gasteiger partial charge on any atom is -0.480 e. The maximum atomic E-state index is 12.5. The molecule has 4 N–H and O–H groups in total. The van der Waals surface area contributed by atoms with Crippen molar-refractivity contribution >= 4 is 25.7 Å². The van der Waals surface area contributed by atoms with Crippen molar-refractivity contribution in [1.29, 1.82) is 0 Å². The number of phosphoric acid groups is 1. The third-order valence-corrected chi connectivity index (χ3v) is 9.09. The van der Waals surface area contributed by atoms with Gasteiger partial charge in [0.2, 0.25) is 0 Å². The van der Waals surface area contributed by atoms with Crippen molar-refractivity contribution in [3.63, 3.8) is 0 Å². The lowest BCUT2D eigenvalue weighted by Crippen LogP contribution is -2.34. The van der Waals surface area contributed by atoms with E-state index in [0.717, 1.165) is 51.4 Å². The second-order valence-corrected chi connectivity index (χ2v) is 14.5. The molecule has 3 atom stereocenters. The number of carbonyl (C=O) groups excluding carboxylic acids is 2. The van der Waals surface area contributed by atoms with Crippen LogP contribution in [0, 0.1) is 0 Å². The molecule has 0 aromatic rings. The predicted molar refractivity (Wildman–Crippen MR) is 203 cm³/mol. The maximum absolute atomic E-state index is 12.5. The number of nitrogens with two attached hydrogens (primary N) is 1. The zero-order valence-corrected chi connectivity index (χ0v) is 32.6. The Labute approximate surface area is 308 Å². The number of carboxylic acids is 1. The summed E-state index contributed by atoms with van der Waals surface area (Å²) in [5, 5.41) is 8.86. The van der Waals surface area contributed by atoms with Gasteiger partial charge in [0.1, 0.15) is 12.6 Å². The van der Waals surface area contributed by atoms with Gasteiger partial charge in [0, 0.05) is 12.8 Å². The number of rotatable bonds is 36. The highest BCUT2D eigenvalue weighted by atomic mass is 31.2. The molecule has 0 aliphatic heterocycles. The highest BCUT2D eigenvalue weighted by Crippen LogP contribution is 2.43. The third-order valence-electron chi connectivity index (χ3n) is 8.14. The quantitative estimate of drug-likeness (QED) is 0.0241. The van der Waals surface area contributed by atoms with Crippen LogP contribution in [0.25, 0.3) is 0 Å². The molecule has 296 valence electrons. The lowest BCUT2D eigenvalue weighted by molar-refractivity contribution is -0.161. The number of carboxylic acid groups (broad SMARTS) is 1. The van der Waals surface area contributed by atoms with Crippen molar-refractivity contribution in [2.75, 3.05) is 19.8 Å². The van der Waals surface area contributed by atoms with E-state index in [4.69, 9.17) is 24.8 Å². The molecule has 0 spiro atoms. The Kier molecular flexibility index (Phi) is 33.2. The number of carbonyl (C=O) groups is 3. The van der Waals surface area contributed by atoms with Crippen molar-refractivity contribution in [3.05, 3.63) is 36.5 Å². The van der Waals surface area contributed by atoms with Gasteiger partial charge in [-0.15, -0.1) is 0 Å². The van der Waals surface area contributed by atoms with Gasteiger partial charge in [0.25, 0.3) is 0 Å². The molecule has 51 heavy (non-hydrogen) atoms. The van der Waals surface area contributed by atoms with Crippen molar-refractivity contribution in [3.8, 4) is 0 Å². The largest absolute Gasteiger partial charge is 0.480 e. The number of esters is 2. The summed E-state index contributed by atoms with van der Waals surface area (Å²) in [6.45, 7) is 2.71. The first-order valence-electron chi connectivity index (χ1n) is 19.5. The molecule has 12 heteroatoms. The summed E-state index contributed by atoms with van der Waals surface area (Å²) >= 11 is 0. The number of ether oxygens (including phenoxy) is 2. The summed E-state index contributed by atoms with van der Waals surface area (Å²) in [6, 6.07) is -1.52. The Morgan fingerprint density at radius 3 is 1.59 bits per heavy atom. The lowest BCUT2D eigenvalue weighted by Gasteiger charge is -2.20. The minimum atomic E-state index is -4.72. The van der Waals surface area contributed by atoms with Gasteiger partial charge in [-0.25, -0.2) is 4.57 Å². The van der Waals surface area contributed by atoms with Crippen LogP contribution in [0.15, 0.2) is 36.5 Å². The van der Waals surface area contributed by atoms with Gasteiger partial charge >= 0.3 is 25.7 Å². The van der Waals surface area contributed by atoms with Crippen molar-refractivity contribution < 1.29 is 47.5 Å². The summed E-state index contributed by atoms with van der Waals surface area (Å²) in [5.41, 5.74) is 5.31. The van der Waals surface area contributed by atoms with E-state index in [2.05, 4.69) is 54.8 Å². The number of aliphatic carboxylic acids is 1. The first kappa shape index (κ1) is 48.7. The first-order valence-corrected chi connectivity index (χ1v) is 21.0. The van der Waals surface area contributed by atoms with Crippen LogP contribution in [0.1, 0.15) is 162 Å². The first-order chi connectivity index (χ1) is 24.6.